The van der Waals surface area contributed by atoms with Gasteiger partial charge in [0, 0.05) is 17.3 Å². The van der Waals surface area contributed by atoms with Crippen LogP contribution in [0, 0.1) is 5.82 Å². The molecule has 4 nitrogen and oxygen atoms in total. The first-order valence-corrected chi connectivity index (χ1v) is 7.98. The zero-order chi connectivity index (χ0) is 16.2. The second kappa shape index (κ2) is 6.85. The smallest absolute Gasteiger partial charge is 0.230 e. The molecule has 1 N–H and O–H groups in total. The monoisotopic (exact) mass is 347 g/mol. The lowest BCUT2D eigenvalue weighted by molar-refractivity contribution is -0.115. The molecule has 0 radical (unpaired) electrons. The van der Waals surface area contributed by atoms with Crippen LogP contribution in [0.2, 0.25) is 5.02 Å². The van der Waals surface area contributed by atoms with E-state index in [-0.39, 0.29) is 17.4 Å². The van der Waals surface area contributed by atoms with Gasteiger partial charge in [-0.05, 0) is 30.3 Å². The van der Waals surface area contributed by atoms with Gasteiger partial charge in [0.15, 0.2) is 0 Å². The van der Waals surface area contributed by atoms with Crippen molar-refractivity contribution in [2.75, 3.05) is 5.32 Å². The molecule has 116 valence electrons. The Morgan fingerprint density at radius 3 is 2.91 bits per heavy atom. The van der Waals surface area contributed by atoms with Crippen LogP contribution in [-0.2, 0) is 11.2 Å². The lowest BCUT2D eigenvalue weighted by Crippen LogP contribution is -2.14. The van der Waals surface area contributed by atoms with Gasteiger partial charge in [0.1, 0.15) is 10.8 Å². The minimum atomic E-state index is -0.524. The maximum Gasteiger partial charge on any atom is 0.230 e. The van der Waals surface area contributed by atoms with Crippen molar-refractivity contribution in [2.24, 2.45) is 0 Å². The fourth-order valence-electron chi connectivity index (χ4n) is 1.94. The van der Waals surface area contributed by atoms with Crippen molar-refractivity contribution in [1.29, 1.82) is 0 Å². The maximum atomic E-state index is 13.1. The second-order valence-corrected chi connectivity index (χ2v) is 5.98. The number of nitrogens with one attached hydrogen (secondary N) is 1. The van der Waals surface area contributed by atoms with Crippen LogP contribution in [0.1, 0.15) is 5.69 Å². The van der Waals surface area contributed by atoms with Crippen LogP contribution in [0.5, 0.6) is 0 Å². The zero-order valence-corrected chi connectivity index (χ0v) is 13.4. The lowest BCUT2D eigenvalue weighted by Gasteiger charge is -2.04. The summed E-state index contributed by atoms with van der Waals surface area (Å²) < 4.78 is 13.1. The number of nitrogens with zero attached hydrogens (tertiary/aromatic N) is 2. The molecule has 0 unspecified atom stereocenters. The van der Waals surface area contributed by atoms with E-state index >= 15 is 0 Å². The van der Waals surface area contributed by atoms with E-state index in [1.165, 1.54) is 29.5 Å². The van der Waals surface area contributed by atoms with Gasteiger partial charge >= 0.3 is 0 Å². The zero-order valence-electron chi connectivity index (χ0n) is 11.8. The predicted octanol–water partition coefficient (Wildman–Crippen LogP) is 4.18. The molecule has 0 spiro atoms. The first-order chi connectivity index (χ1) is 11.1. The molecule has 0 bridgehead atoms. The Kier molecular flexibility index (Phi) is 4.64. The van der Waals surface area contributed by atoms with E-state index in [0.29, 0.717) is 11.4 Å². The van der Waals surface area contributed by atoms with Gasteiger partial charge < -0.3 is 5.32 Å². The number of benzene rings is 1. The Labute approximate surface area is 141 Å². The molecule has 3 rings (SSSR count). The van der Waals surface area contributed by atoms with Crippen molar-refractivity contribution >= 4 is 34.5 Å². The summed E-state index contributed by atoms with van der Waals surface area (Å²) in [6, 6.07) is 9.62. The molecule has 0 aliphatic heterocycles. The van der Waals surface area contributed by atoms with Crippen LogP contribution < -0.4 is 5.32 Å². The number of carbonyl (C=O) groups excluding carboxylic acids is 1. The van der Waals surface area contributed by atoms with E-state index in [1.54, 1.807) is 6.20 Å². The molecule has 1 amide bonds. The fourth-order valence-corrected chi connectivity index (χ4v) is 2.91. The number of aromatic nitrogens is 2. The number of anilines is 1. The van der Waals surface area contributed by atoms with Crippen LogP contribution in [0.4, 0.5) is 10.1 Å². The quantitative estimate of drug-likeness (QED) is 0.770. The third-order valence-electron chi connectivity index (χ3n) is 2.98. The van der Waals surface area contributed by atoms with Crippen LogP contribution in [0.15, 0.2) is 48.0 Å². The van der Waals surface area contributed by atoms with E-state index in [4.69, 9.17) is 11.6 Å². The molecular formula is C16H11ClFN3OS. The van der Waals surface area contributed by atoms with Gasteiger partial charge in [0.2, 0.25) is 5.91 Å². The average molecular weight is 348 g/mol. The Balaban J connectivity index is 1.66. The summed E-state index contributed by atoms with van der Waals surface area (Å²) in [5.41, 5.74) is 1.87. The number of amides is 1. The highest BCUT2D eigenvalue weighted by Crippen LogP contribution is 2.22. The van der Waals surface area contributed by atoms with Gasteiger partial charge in [0.25, 0.3) is 0 Å². The van der Waals surface area contributed by atoms with E-state index < -0.39 is 5.82 Å². The minimum absolute atomic E-state index is 0.0334. The summed E-state index contributed by atoms with van der Waals surface area (Å²) in [4.78, 5) is 20.7. The molecule has 0 fully saturated rings. The summed E-state index contributed by atoms with van der Waals surface area (Å²) >= 11 is 7.12. The number of hydrogen-bond acceptors (Lipinski definition) is 4. The predicted molar refractivity (Wildman–Crippen MR) is 89.1 cm³/mol. The molecule has 0 saturated carbocycles. The highest BCUT2D eigenvalue weighted by atomic mass is 35.5. The molecule has 2 heterocycles. The molecule has 3 aromatic rings. The van der Waals surface area contributed by atoms with Crippen molar-refractivity contribution in [3.8, 4) is 10.7 Å². The third kappa shape index (κ3) is 3.91. The maximum absolute atomic E-state index is 13.1. The average Bonchev–Trinajstić information content (AvgIpc) is 3.00. The Bertz CT molecular complexity index is 838. The lowest BCUT2D eigenvalue weighted by atomic mass is 10.2. The molecule has 0 aliphatic carbocycles. The summed E-state index contributed by atoms with van der Waals surface area (Å²) in [5.74, 6) is -0.769. The highest BCUT2D eigenvalue weighted by Gasteiger charge is 2.10. The van der Waals surface area contributed by atoms with Crippen molar-refractivity contribution in [3.63, 3.8) is 0 Å². The number of carbonyl (C=O) groups is 1. The van der Waals surface area contributed by atoms with Crippen LogP contribution in [-0.4, -0.2) is 15.9 Å². The first-order valence-electron chi connectivity index (χ1n) is 6.72. The molecule has 0 aliphatic rings. The number of hydrogen-bond donors (Lipinski definition) is 1. The van der Waals surface area contributed by atoms with Gasteiger partial charge in [-0.2, -0.15) is 0 Å². The number of thiazole rings is 1. The Morgan fingerprint density at radius 2 is 2.17 bits per heavy atom. The van der Waals surface area contributed by atoms with E-state index in [2.05, 4.69) is 15.3 Å². The second-order valence-electron chi connectivity index (χ2n) is 4.71. The molecule has 1 aromatic carbocycles. The van der Waals surface area contributed by atoms with Crippen LogP contribution >= 0.6 is 22.9 Å². The molecule has 23 heavy (non-hydrogen) atoms. The Morgan fingerprint density at radius 1 is 1.30 bits per heavy atom. The van der Waals surface area contributed by atoms with Gasteiger partial charge in [-0.1, -0.05) is 17.7 Å². The van der Waals surface area contributed by atoms with Gasteiger partial charge in [-0.15, -0.1) is 11.3 Å². The van der Waals surface area contributed by atoms with Gasteiger partial charge in [0.05, 0.1) is 22.8 Å². The van der Waals surface area contributed by atoms with Gasteiger partial charge in [-0.25, -0.2) is 9.37 Å². The highest BCUT2D eigenvalue weighted by molar-refractivity contribution is 7.13. The van der Waals surface area contributed by atoms with E-state index in [1.807, 2.05) is 23.6 Å². The number of rotatable bonds is 4. The normalized spacial score (nSPS) is 10.5. The third-order valence-corrected chi connectivity index (χ3v) is 4.18. The number of pyridine rings is 1. The minimum Gasteiger partial charge on any atom is -0.326 e. The van der Waals surface area contributed by atoms with Crippen molar-refractivity contribution in [2.45, 2.75) is 6.42 Å². The summed E-state index contributed by atoms with van der Waals surface area (Å²) in [7, 11) is 0. The molecular weight excluding hydrogens is 337 g/mol. The largest absolute Gasteiger partial charge is 0.326 e. The molecule has 2 aromatic heterocycles. The summed E-state index contributed by atoms with van der Waals surface area (Å²) in [6.07, 6.45) is 1.82. The van der Waals surface area contributed by atoms with Crippen molar-refractivity contribution in [1.82, 2.24) is 9.97 Å². The molecule has 0 atom stereocenters. The van der Waals surface area contributed by atoms with E-state index in [0.717, 1.165) is 10.7 Å². The fraction of sp³-hybridized carbons (Fsp3) is 0.0625. The van der Waals surface area contributed by atoms with Gasteiger partial charge in [-0.3, -0.25) is 9.78 Å². The Hall–Kier alpha value is -2.31. The van der Waals surface area contributed by atoms with Crippen LogP contribution in [0.25, 0.3) is 10.7 Å². The molecule has 0 saturated heterocycles. The van der Waals surface area contributed by atoms with Crippen molar-refractivity contribution in [3.05, 3.63) is 64.5 Å². The number of halogens is 2. The van der Waals surface area contributed by atoms with Crippen LogP contribution in [0.3, 0.4) is 0 Å². The summed E-state index contributed by atoms with van der Waals surface area (Å²) in [5, 5.41) is 5.22. The van der Waals surface area contributed by atoms with E-state index in [9.17, 15) is 9.18 Å². The first kappa shape index (κ1) is 15.6. The standard InChI is InChI=1S/C16H11ClFN3OS/c17-12-7-10(4-5-13(12)18)20-15(22)8-11-9-23-16(21-11)14-3-1-2-6-19-14/h1-7,9H,8H2,(H,20,22). The van der Waals surface area contributed by atoms with Crippen molar-refractivity contribution < 1.29 is 9.18 Å². The SMILES string of the molecule is O=C(Cc1csc(-c2ccccn2)n1)Nc1ccc(F)c(Cl)c1. The topological polar surface area (TPSA) is 54.9 Å². The molecule has 7 heteroatoms. The summed E-state index contributed by atoms with van der Waals surface area (Å²) in [6.45, 7) is 0.